The molecule has 84 valence electrons. The first-order valence-corrected chi connectivity index (χ1v) is 4.83. The lowest BCUT2D eigenvalue weighted by Crippen LogP contribution is -2.07. The summed E-state index contributed by atoms with van der Waals surface area (Å²) in [4.78, 5) is 0. The predicted molar refractivity (Wildman–Crippen MR) is 55.0 cm³/mol. The number of hydrogen-bond donors (Lipinski definition) is 1. The molecule has 2 nitrogen and oxygen atoms in total. The third-order valence-corrected chi connectivity index (χ3v) is 2.40. The van der Waals surface area contributed by atoms with E-state index in [0.717, 1.165) is 6.07 Å². The van der Waals surface area contributed by atoms with Crippen LogP contribution in [0, 0.1) is 11.6 Å². The highest BCUT2D eigenvalue weighted by Gasteiger charge is 2.16. The zero-order valence-electron chi connectivity index (χ0n) is 8.89. The molecule has 2 N–H and O–H groups in total. The third kappa shape index (κ3) is 2.65. The van der Waals surface area contributed by atoms with Gasteiger partial charge in [-0.15, -0.1) is 0 Å². The van der Waals surface area contributed by atoms with Crippen LogP contribution in [0.2, 0.25) is 0 Å². The first-order valence-electron chi connectivity index (χ1n) is 4.83. The van der Waals surface area contributed by atoms with Gasteiger partial charge >= 0.3 is 0 Å². The second-order valence-electron chi connectivity index (χ2n) is 3.49. The van der Waals surface area contributed by atoms with Crippen LogP contribution in [0.3, 0.4) is 0 Å². The smallest absolute Gasteiger partial charge is 0.162 e. The van der Waals surface area contributed by atoms with Gasteiger partial charge in [0.05, 0.1) is 7.11 Å². The molecule has 0 aliphatic heterocycles. The molecule has 1 aromatic carbocycles. The summed E-state index contributed by atoms with van der Waals surface area (Å²) in [6.45, 7) is 2.25. The van der Waals surface area contributed by atoms with E-state index in [2.05, 4.69) is 0 Å². The van der Waals surface area contributed by atoms with Crippen molar-refractivity contribution in [3.63, 3.8) is 0 Å². The number of nitrogens with two attached hydrogens (primary N) is 1. The number of hydrogen-bond acceptors (Lipinski definition) is 2. The van der Waals surface area contributed by atoms with Gasteiger partial charge in [0.15, 0.2) is 11.6 Å². The molecule has 4 heteroatoms. The molecule has 1 aromatic rings. The van der Waals surface area contributed by atoms with Crippen molar-refractivity contribution < 1.29 is 13.5 Å². The molecule has 0 aliphatic carbocycles. The Bertz CT molecular complexity index is 342. The van der Waals surface area contributed by atoms with Gasteiger partial charge in [0, 0.05) is 6.07 Å². The molecule has 0 saturated heterocycles. The highest BCUT2D eigenvalue weighted by Crippen LogP contribution is 2.27. The lowest BCUT2D eigenvalue weighted by molar-refractivity contribution is 0.402. The molecule has 0 heterocycles. The van der Waals surface area contributed by atoms with Gasteiger partial charge in [-0.2, -0.15) is 0 Å². The fourth-order valence-electron chi connectivity index (χ4n) is 1.47. The van der Waals surface area contributed by atoms with E-state index in [1.165, 1.54) is 13.2 Å². The largest absolute Gasteiger partial charge is 0.497 e. The SMILES string of the molecule is COc1cc(F)c(F)c(C(C)CCN)c1. The van der Waals surface area contributed by atoms with Gasteiger partial charge in [-0.05, 0) is 30.5 Å². The van der Waals surface area contributed by atoms with E-state index in [1.54, 1.807) is 0 Å². The second kappa shape index (κ2) is 5.07. The number of halogens is 2. The van der Waals surface area contributed by atoms with Crippen LogP contribution in [-0.4, -0.2) is 13.7 Å². The summed E-state index contributed by atoms with van der Waals surface area (Å²) >= 11 is 0. The van der Waals surface area contributed by atoms with Crippen molar-refractivity contribution in [1.82, 2.24) is 0 Å². The Morgan fingerprint density at radius 3 is 2.60 bits per heavy atom. The molecule has 0 saturated carbocycles. The van der Waals surface area contributed by atoms with Crippen LogP contribution in [0.5, 0.6) is 5.75 Å². The molecule has 1 atom stereocenters. The van der Waals surface area contributed by atoms with Gasteiger partial charge in [-0.3, -0.25) is 0 Å². The Morgan fingerprint density at radius 2 is 2.07 bits per heavy atom. The average Bonchev–Trinajstić information content (AvgIpc) is 2.22. The molecule has 0 radical (unpaired) electrons. The van der Waals surface area contributed by atoms with Crippen molar-refractivity contribution in [2.24, 2.45) is 5.73 Å². The van der Waals surface area contributed by atoms with Gasteiger partial charge in [0.2, 0.25) is 0 Å². The maximum atomic E-state index is 13.4. The molecule has 0 fully saturated rings. The van der Waals surface area contributed by atoms with Crippen molar-refractivity contribution in [1.29, 1.82) is 0 Å². The number of methoxy groups -OCH3 is 1. The summed E-state index contributed by atoms with van der Waals surface area (Å²) in [5.74, 6) is -1.47. The summed E-state index contributed by atoms with van der Waals surface area (Å²) in [5.41, 5.74) is 5.69. The van der Waals surface area contributed by atoms with Crippen LogP contribution in [0.1, 0.15) is 24.8 Å². The van der Waals surface area contributed by atoms with Crippen molar-refractivity contribution in [3.05, 3.63) is 29.3 Å². The Labute approximate surface area is 88.0 Å². The van der Waals surface area contributed by atoms with E-state index in [0.29, 0.717) is 24.3 Å². The molecule has 15 heavy (non-hydrogen) atoms. The van der Waals surface area contributed by atoms with Gasteiger partial charge in [0.25, 0.3) is 0 Å². The predicted octanol–water partition coefficient (Wildman–Crippen LogP) is 2.43. The summed E-state index contributed by atoms with van der Waals surface area (Å²) in [5, 5.41) is 0. The molecule has 0 spiro atoms. The Balaban J connectivity index is 3.09. The average molecular weight is 215 g/mol. The van der Waals surface area contributed by atoms with E-state index in [-0.39, 0.29) is 5.92 Å². The first kappa shape index (κ1) is 11.9. The Morgan fingerprint density at radius 1 is 1.40 bits per heavy atom. The van der Waals surface area contributed by atoms with Crippen molar-refractivity contribution in [2.45, 2.75) is 19.3 Å². The first-order chi connectivity index (χ1) is 7.10. The van der Waals surface area contributed by atoms with Crippen LogP contribution in [-0.2, 0) is 0 Å². The lowest BCUT2D eigenvalue weighted by Gasteiger charge is -2.13. The van der Waals surface area contributed by atoms with Gasteiger partial charge in [0.1, 0.15) is 5.75 Å². The van der Waals surface area contributed by atoms with Crippen LogP contribution >= 0.6 is 0 Å². The zero-order chi connectivity index (χ0) is 11.4. The molecular formula is C11H15F2NO. The number of ether oxygens (including phenoxy) is 1. The van der Waals surface area contributed by atoms with E-state index < -0.39 is 11.6 Å². The van der Waals surface area contributed by atoms with Crippen LogP contribution in [0.25, 0.3) is 0 Å². The molecule has 1 rings (SSSR count). The standard InChI is InChI=1S/C11H15F2NO/c1-7(3-4-14)9-5-8(15-2)6-10(12)11(9)13/h5-7H,3-4,14H2,1-2H3. The molecule has 0 aliphatic rings. The van der Waals surface area contributed by atoms with Crippen LogP contribution in [0.15, 0.2) is 12.1 Å². The minimum atomic E-state index is -0.881. The second-order valence-corrected chi connectivity index (χ2v) is 3.49. The normalized spacial score (nSPS) is 12.6. The fourth-order valence-corrected chi connectivity index (χ4v) is 1.47. The van der Waals surface area contributed by atoms with Gasteiger partial charge < -0.3 is 10.5 Å². The minimum Gasteiger partial charge on any atom is -0.497 e. The van der Waals surface area contributed by atoms with E-state index in [9.17, 15) is 8.78 Å². The molecule has 1 unspecified atom stereocenters. The maximum Gasteiger partial charge on any atom is 0.162 e. The number of benzene rings is 1. The molecule has 0 aromatic heterocycles. The summed E-state index contributed by atoms with van der Waals surface area (Å²) in [7, 11) is 1.42. The quantitative estimate of drug-likeness (QED) is 0.837. The molecule has 0 amide bonds. The van der Waals surface area contributed by atoms with Crippen LogP contribution in [0.4, 0.5) is 8.78 Å². The molecule has 0 bridgehead atoms. The monoisotopic (exact) mass is 215 g/mol. The highest BCUT2D eigenvalue weighted by atomic mass is 19.2. The van der Waals surface area contributed by atoms with E-state index in [1.807, 2.05) is 6.92 Å². The van der Waals surface area contributed by atoms with Gasteiger partial charge in [-0.25, -0.2) is 8.78 Å². The lowest BCUT2D eigenvalue weighted by atomic mass is 9.97. The van der Waals surface area contributed by atoms with Crippen LogP contribution < -0.4 is 10.5 Å². The van der Waals surface area contributed by atoms with E-state index in [4.69, 9.17) is 10.5 Å². The highest BCUT2D eigenvalue weighted by molar-refractivity contribution is 5.33. The maximum absolute atomic E-state index is 13.4. The minimum absolute atomic E-state index is 0.111. The molecular weight excluding hydrogens is 200 g/mol. The Hall–Kier alpha value is -1.16. The van der Waals surface area contributed by atoms with Crippen molar-refractivity contribution in [3.8, 4) is 5.75 Å². The summed E-state index contributed by atoms with van der Waals surface area (Å²) in [6.07, 6.45) is 0.615. The summed E-state index contributed by atoms with van der Waals surface area (Å²) < 4.78 is 31.4. The Kier molecular flexibility index (Phi) is 4.03. The zero-order valence-corrected chi connectivity index (χ0v) is 8.89. The summed E-state index contributed by atoms with van der Waals surface area (Å²) in [6, 6.07) is 2.55. The van der Waals surface area contributed by atoms with Crippen molar-refractivity contribution >= 4 is 0 Å². The van der Waals surface area contributed by atoms with Crippen molar-refractivity contribution in [2.75, 3.05) is 13.7 Å². The fraction of sp³-hybridized carbons (Fsp3) is 0.455. The third-order valence-electron chi connectivity index (χ3n) is 2.40. The van der Waals surface area contributed by atoms with Gasteiger partial charge in [-0.1, -0.05) is 6.92 Å². The topological polar surface area (TPSA) is 35.2 Å². The van der Waals surface area contributed by atoms with E-state index >= 15 is 0 Å². The number of rotatable bonds is 4.